The second-order valence-electron chi connectivity index (χ2n) is 5.69. The molecule has 0 atom stereocenters. The standard InChI is InChI=1S/C16H21N3OS/c1-19(16(20)10-17-12-6-2-3-7-12)11-15-18-13-8-4-5-9-14(13)21-15/h4-5,8-9,12,17H,2-3,6-7,10-11H2,1H3. The topological polar surface area (TPSA) is 45.2 Å². The highest BCUT2D eigenvalue weighted by Crippen LogP contribution is 2.22. The summed E-state index contributed by atoms with van der Waals surface area (Å²) in [5.74, 6) is 0.140. The molecular formula is C16H21N3OS. The normalized spacial score (nSPS) is 15.7. The summed E-state index contributed by atoms with van der Waals surface area (Å²) in [4.78, 5) is 18.5. The van der Waals surface area contributed by atoms with Crippen molar-refractivity contribution in [1.29, 1.82) is 0 Å². The summed E-state index contributed by atoms with van der Waals surface area (Å²) in [6.45, 7) is 1.02. The van der Waals surface area contributed by atoms with Crippen molar-refractivity contribution in [2.75, 3.05) is 13.6 Å². The second kappa shape index (κ2) is 6.54. The van der Waals surface area contributed by atoms with E-state index < -0.39 is 0 Å². The molecule has 0 bridgehead atoms. The maximum Gasteiger partial charge on any atom is 0.236 e. The van der Waals surface area contributed by atoms with E-state index in [0.717, 1.165) is 10.5 Å². The molecule has 2 aromatic rings. The molecule has 0 unspecified atom stereocenters. The maximum absolute atomic E-state index is 12.2. The summed E-state index contributed by atoms with van der Waals surface area (Å²) >= 11 is 1.66. The van der Waals surface area contributed by atoms with Gasteiger partial charge in [-0.25, -0.2) is 4.98 Å². The Hall–Kier alpha value is -1.46. The minimum Gasteiger partial charge on any atom is -0.338 e. The molecule has 0 radical (unpaired) electrons. The van der Waals surface area contributed by atoms with Gasteiger partial charge in [0.15, 0.2) is 0 Å². The van der Waals surface area contributed by atoms with Crippen LogP contribution in [0.3, 0.4) is 0 Å². The summed E-state index contributed by atoms with van der Waals surface area (Å²) in [7, 11) is 1.85. The number of hydrogen-bond donors (Lipinski definition) is 1. The summed E-state index contributed by atoms with van der Waals surface area (Å²) in [6.07, 6.45) is 4.98. The fraction of sp³-hybridized carbons (Fsp3) is 0.500. The van der Waals surface area contributed by atoms with E-state index >= 15 is 0 Å². The van der Waals surface area contributed by atoms with Crippen LogP contribution in [0, 0.1) is 0 Å². The number of aromatic nitrogens is 1. The van der Waals surface area contributed by atoms with Gasteiger partial charge in [0.25, 0.3) is 0 Å². The molecule has 1 aromatic carbocycles. The van der Waals surface area contributed by atoms with Crippen LogP contribution in [-0.4, -0.2) is 35.4 Å². The van der Waals surface area contributed by atoms with Gasteiger partial charge in [0, 0.05) is 13.1 Å². The summed E-state index contributed by atoms with van der Waals surface area (Å²) in [5, 5.41) is 4.36. The van der Waals surface area contributed by atoms with E-state index in [0.29, 0.717) is 19.1 Å². The molecule has 112 valence electrons. The van der Waals surface area contributed by atoms with Crippen LogP contribution in [0.25, 0.3) is 10.2 Å². The lowest BCUT2D eigenvalue weighted by Crippen LogP contribution is -2.38. The lowest BCUT2D eigenvalue weighted by atomic mass is 10.2. The number of fused-ring (bicyclic) bond motifs is 1. The lowest BCUT2D eigenvalue weighted by molar-refractivity contribution is -0.129. The number of rotatable bonds is 5. The van der Waals surface area contributed by atoms with Gasteiger partial charge < -0.3 is 10.2 Å². The fourth-order valence-electron chi connectivity index (χ4n) is 2.78. The number of benzene rings is 1. The van der Waals surface area contributed by atoms with Crippen LogP contribution in [0.4, 0.5) is 0 Å². The molecule has 0 saturated heterocycles. The molecule has 3 rings (SSSR count). The van der Waals surface area contributed by atoms with E-state index in [1.165, 1.54) is 30.4 Å². The van der Waals surface area contributed by atoms with Gasteiger partial charge in [0.1, 0.15) is 5.01 Å². The van der Waals surface area contributed by atoms with Crippen molar-refractivity contribution < 1.29 is 4.79 Å². The molecule has 21 heavy (non-hydrogen) atoms. The van der Waals surface area contributed by atoms with Crippen LogP contribution in [0.5, 0.6) is 0 Å². The van der Waals surface area contributed by atoms with E-state index in [1.807, 2.05) is 25.2 Å². The predicted octanol–water partition coefficient (Wildman–Crippen LogP) is 2.79. The van der Waals surface area contributed by atoms with Crippen LogP contribution < -0.4 is 5.32 Å². The first-order valence-corrected chi connectivity index (χ1v) is 8.36. The largest absolute Gasteiger partial charge is 0.338 e. The number of thiazole rings is 1. The number of carbonyl (C=O) groups excluding carboxylic acids is 1. The Morgan fingerprint density at radius 1 is 1.38 bits per heavy atom. The Bertz CT molecular complexity index is 586. The number of nitrogens with one attached hydrogen (secondary N) is 1. The first kappa shape index (κ1) is 14.5. The first-order valence-electron chi connectivity index (χ1n) is 7.54. The Kier molecular flexibility index (Phi) is 4.51. The third-order valence-corrected chi connectivity index (χ3v) is 5.05. The number of carbonyl (C=O) groups is 1. The third kappa shape index (κ3) is 3.60. The molecular weight excluding hydrogens is 282 g/mol. The number of nitrogens with zero attached hydrogens (tertiary/aromatic N) is 2. The maximum atomic E-state index is 12.2. The summed E-state index contributed by atoms with van der Waals surface area (Å²) in [6, 6.07) is 8.63. The smallest absolute Gasteiger partial charge is 0.236 e. The van der Waals surface area contributed by atoms with Gasteiger partial charge in [-0.05, 0) is 25.0 Å². The Morgan fingerprint density at radius 2 is 2.14 bits per heavy atom. The van der Waals surface area contributed by atoms with Crippen LogP contribution in [0.1, 0.15) is 30.7 Å². The van der Waals surface area contributed by atoms with Gasteiger partial charge in [-0.15, -0.1) is 11.3 Å². The highest BCUT2D eigenvalue weighted by Gasteiger charge is 2.17. The van der Waals surface area contributed by atoms with E-state index in [4.69, 9.17) is 0 Å². The van der Waals surface area contributed by atoms with Crippen molar-refractivity contribution in [2.45, 2.75) is 38.3 Å². The SMILES string of the molecule is CN(Cc1nc2ccccc2s1)C(=O)CNC1CCCC1. The molecule has 1 aliphatic carbocycles. The number of para-hydroxylation sites is 1. The van der Waals surface area contributed by atoms with Crippen molar-refractivity contribution >= 4 is 27.5 Å². The molecule has 0 aliphatic heterocycles. The molecule has 1 fully saturated rings. The van der Waals surface area contributed by atoms with Crippen LogP contribution in [0.2, 0.25) is 0 Å². The molecule has 4 nitrogen and oxygen atoms in total. The number of likely N-dealkylation sites (N-methyl/N-ethyl adjacent to an activating group) is 1. The first-order chi connectivity index (χ1) is 10.2. The molecule has 5 heteroatoms. The molecule has 1 aliphatic rings. The van der Waals surface area contributed by atoms with Crippen LogP contribution >= 0.6 is 11.3 Å². The van der Waals surface area contributed by atoms with E-state index in [-0.39, 0.29) is 5.91 Å². The zero-order valence-corrected chi connectivity index (χ0v) is 13.2. The number of hydrogen-bond acceptors (Lipinski definition) is 4. The Morgan fingerprint density at radius 3 is 2.90 bits per heavy atom. The van der Waals surface area contributed by atoms with Gasteiger partial charge in [-0.2, -0.15) is 0 Å². The predicted molar refractivity (Wildman–Crippen MR) is 86.4 cm³/mol. The van der Waals surface area contributed by atoms with Gasteiger partial charge in [0.05, 0.1) is 23.3 Å². The van der Waals surface area contributed by atoms with Crippen LogP contribution in [-0.2, 0) is 11.3 Å². The summed E-state index contributed by atoms with van der Waals surface area (Å²) in [5.41, 5.74) is 1.02. The van der Waals surface area contributed by atoms with Crippen molar-refractivity contribution in [3.8, 4) is 0 Å². The highest BCUT2D eigenvalue weighted by atomic mass is 32.1. The van der Waals surface area contributed by atoms with Gasteiger partial charge in [0.2, 0.25) is 5.91 Å². The lowest BCUT2D eigenvalue weighted by Gasteiger charge is -2.18. The zero-order chi connectivity index (χ0) is 14.7. The average Bonchev–Trinajstić information content (AvgIpc) is 3.13. The fourth-order valence-corrected chi connectivity index (χ4v) is 3.80. The third-order valence-electron chi connectivity index (χ3n) is 4.03. The van der Waals surface area contributed by atoms with Gasteiger partial charge in [-0.3, -0.25) is 4.79 Å². The zero-order valence-electron chi connectivity index (χ0n) is 12.3. The van der Waals surface area contributed by atoms with E-state index in [9.17, 15) is 4.79 Å². The molecule has 0 spiro atoms. The monoisotopic (exact) mass is 303 g/mol. The Balaban J connectivity index is 1.54. The summed E-state index contributed by atoms with van der Waals surface area (Å²) < 4.78 is 1.18. The average molecular weight is 303 g/mol. The molecule has 1 aromatic heterocycles. The molecule has 1 amide bonds. The molecule has 1 saturated carbocycles. The van der Waals surface area contributed by atoms with Crippen molar-refractivity contribution in [2.24, 2.45) is 0 Å². The quantitative estimate of drug-likeness (QED) is 0.924. The molecule has 1 heterocycles. The van der Waals surface area contributed by atoms with E-state index in [1.54, 1.807) is 16.2 Å². The minimum atomic E-state index is 0.140. The highest BCUT2D eigenvalue weighted by molar-refractivity contribution is 7.18. The Labute approximate surface area is 129 Å². The van der Waals surface area contributed by atoms with Crippen molar-refractivity contribution in [3.63, 3.8) is 0 Å². The van der Waals surface area contributed by atoms with Crippen molar-refractivity contribution in [3.05, 3.63) is 29.3 Å². The second-order valence-corrected chi connectivity index (χ2v) is 6.80. The molecule has 1 N–H and O–H groups in total. The minimum absolute atomic E-state index is 0.140. The van der Waals surface area contributed by atoms with Crippen LogP contribution in [0.15, 0.2) is 24.3 Å². The number of amides is 1. The van der Waals surface area contributed by atoms with Gasteiger partial charge >= 0.3 is 0 Å². The van der Waals surface area contributed by atoms with Gasteiger partial charge in [-0.1, -0.05) is 25.0 Å². The van der Waals surface area contributed by atoms with Crippen molar-refractivity contribution in [1.82, 2.24) is 15.2 Å². The van der Waals surface area contributed by atoms with E-state index in [2.05, 4.69) is 16.4 Å².